The van der Waals surface area contributed by atoms with Gasteiger partial charge in [0.1, 0.15) is 0 Å². The Labute approximate surface area is 32.6 Å². The molecule has 0 aliphatic carbocycles. The van der Waals surface area contributed by atoms with Crippen molar-refractivity contribution in [1.82, 2.24) is 0 Å². The van der Waals surface area contributed by atoms with Crippen molar-refractivity contribution in [1.29, 1.82) is 0 Å². The molecule has 0 bridgehead atoms. The summed E-state index contributed by atoms with van der Waals surface area (Å²) >= 11 is 0. The third-order valence-electron chi connectivity index (χ3n) is 0.183. The Hall–Kier alpha value is -0.530. The maximum atomic E-state index is 6.05. The highest BCUT2D eigenvalue weighted by atomic mass is 16.4. The summed E-state index contributed by atoms with van der Waals surface area (Å²) in [5, 5.41) is 6.85. The van der Waals surface area contributed by atoms with E-state index in [9.17, 15) is 0 Å². The Morgan fingerprint density at radius 2 is 2.60 bits per heavy atom. The summed E-state index contributed by atoms with van der Waals surface area (Å²) in [6.45, 7) is 3.52. The van der Waals surface area contributed by atoms with E-state index in [-0.39, 0.29) is 0 Å². The molecule has 0 aromatic heterocycles. The highest BCUT2D eigenvalue weighted by Gasteiger charge is 1.65. The van der Waals surface area contributed by atoms with Crippen LogP contribution in [0, 0.1) is 0 Å². The maximum absolute atomic E-state index is 6.05. The molecular weight excluding hydrogens is 66.0 g/mol. The predicted octanol–water partition coefficient (Wildman–Crippen LogP) is 0.856. The van der Waals surface area contributed by atoms with Gasteiger partial charge in [-0.3, -0.25) is 0 Å². The Morgan fingerprint density at radius 3 is 2.60 bits per heavy atom. The molecule has 0 saturated heterocycles. The van der Waals surface area contributed by atoms with Gasteiger partial charge in [0, 0.05) is 0 Å². The molecule has 0 fully saturated rings. The normalized spacial score (nSPS) is 8.80. The first-order valence-electron chi connectivity index (χ1n) is 1.81. The van der Waals surface area contributed by atoms with Crippen LogP contribution in [0.15, 0.2) is 5.16 Å². The molecule has 2 nitrogen and oxygen atoms in total. The molecule has 0 rings (SSSR count). The van der Waals surface area contributed by atoms with Crippen LogP contribution in [-0.4, -0.2) is 10.9 Å². The van der Waals surface area contributed by atoms with Crippen molar-refractivity contribution in [3.8, 4) is 0 Å². The second-order valence-electron chi connectivity index (χ2n) is 1.04. The minimum absolute atomic E-state index is 0.755. The fourth-order valence-electron chi connectivity index (χ4n) is 0. The van der Waals surface area contributed by atoms with Gasteiger partial charge in [-0.15, -0.1) is 0 Å². The second-order valence-corrected chi connectivity index (χ2v) is 1.04. The van der Waals surface area contributed by atoms with Crippen molar-refractivity contribution < 1.29 is 6.64 Å². The molecular formula is C3H7NO. The van der Waals surface area contributed by atoms with Crippen molar-refractivity contribution >= 4 is 5.71 Å². The summed E-state index contributed by atoms with van der Waals surface area (Å²) in [5.41, 5.74) is 0.755. The van der Waals surface area contributed by atoms with Gasteiger partial charge in [0.05, 0.1) is 5.71 Å². The summed E-state index contributed by atoms with van der Waals surface area (Å²) in [7, 11) is 0. The zero-order valence-electron chi connectivity index (χ0n) is 4.36. The molecule has 30 valence electrons. The van der Waals surface area contributed by atoms with E-state index in [1.807, 2.05) is 0 Å². The molecule has 0 aliphatic rings. The van der Waals surface area contributed by atoms with Crippen LogP contribution in [0.25, 0.3) is 0 Å². The van der Waals surface area contributed by atoms with Gasteiger partial charge in [-0.25, -0.2) is 0 Å². The maximum Gasteiger partial charge on any atom is 0.330 e. The molecule has 0 atom stereocenters. The first-order chi connectivity index (χ1) is 2.77. The van der Waals surface area contributed by atoms with Gasteiger partial charge in [-0.2, -0.15) is 0 Å². The molecule has 0 spiro atoms. The van der Waals surface area contributed by atoms with Crippen molar-refractivity contribution in [2.24, 2.45) is 5.16 Å². The van der Waals surface area contributed by atoms with E-state index < -0.39 is 0 Å². The van der Waals surface area contributed by atoms with Crippen LogP contribution in [0.3, 0.4) is 0 Å². The second kappa shape index (κ2) is 1.76. The molecule has 0 aliphatic heterocycles. The van der Waals surface area contributed by atoms with E-state index in [1.165, 1.54) is 0 Å². The van der Waals surface area contributed by atoms with Crippen LogP contribution >= 0.6 is 0 Å². The SMILES string of the molecule is [3H]ON=C(C)C. The summed E-state index contributed by atoms with van der Waals surface area (Å²) in [6.07, 6.45) is 0. The molecule has 0 aromatic rings. The summed E-state index contributed by atoms with van der Waals surface area (Å²) < 4.78 is 6.05. The molecule has 0 amide bonds. The molecule has 0 radical (unpaired) electrons. The van der Waals surface area contributed by atoms with E-state index in [2.05, 4.69) is 10.4 Å². The first-order valence-corrected chi connectivity index (χ1v) is 1.41. The van der Waals surface area contributed by atoms with Gasteiger partial charge in [0.2, 0.25) is 0 Å². The van der Waals surface area contributed by atoms with Gasteiger partial charge in [-0.05, 0) is 13.8 Å². The van der Waals surface area contributed by atoms with Gasteiger partial charge in [-0.1, -0.05) is 5.16 Å². The lowest BCUT2D eigenvalue weighted by Crippen LogP contribution is -1.74. The number of hydrogen-bond donors (Lipinski definition) is 1. The third-order valence-corrected chi connectivity index (χ3v) is 0.183. The number of nitrogens with zero attached hydrogens (tertiary/aromatic N) is 1. The quantitative estimate of drug-likeness (QED) is 0.280. The zero-order valence-corrected chi connectivity index (χ0v) is 3.36. The van der Waals surface area contributed by atoms with Crippen molar-refractivity contribution in [2.45, 2.75) is 13.8 Å². The van der Waals surface area contributed by atoms with Gasteiger partial charge in [0.25, 0.3) is 0 Å². The summed E-state index contributed by atoms with van der Waals surface area (Å²) in [6, 6.07) is 0. The van der Waals surface area contributed by atoms with Crippen LogP contribution in [0.2, 0.25) is 1.43 Å². The van der Waals surface area contributed by atoms with Crippen molar-refractivity contribution in [2.75, 3.05) is 0 Å². The van der Waals surface area contributed by atoms with Crippen molar-refractivity contribution in [3.05, 3.63) is 0 Å². The van der Waals surface area contributed by atoms with E-state index in [4.69, 9.17) is 1.43 Å². The van der Waals surface area contributed by atoms with Gasteiger partial charge in [0.15, 0.2) is 0 Å². The fourth-order valence-corrected chi connectivity index (χ4v) is 0. The molecule has 0 aromatic carbocycles. The summed E-state index contributed by atoms with van der Waals surface area (Å²) in [4.78, 5) is 0. The minimum atomic E-state index is 0.755. The number of rotatable bonds is 1. The molecule has 5 heavy (non-hydrogen) atoms. The van der Waals surface area contributed by atoms with Crippen LogP contribution < -0.4 is 0 Å². The lowest BCUT2D eigenvalue weighted by Gasteiger charge is -1.72. The molecule has 0 heterocycles. The third kappa shape index (κ3) is 3.47. The topological polar surface area (TPSA) is 32.6 Å². The van der Waals surface area contributed by atoms with E-state index in [0.717, 1.165) is 5.71 Å². The Kier molecular flexibility index (Phi) is 0.947. The van der Waals surface area contributed by atoms with Gasteiger partial charge >= 0.3 is 1.43 Å². The zero-order chi connectivity index (χ0) is 4.99. The van der Waals surface area contributed by atoms with Crippen LogP contribution in [0.5, 0.6) is 0 Å². The Bertz CT molecular complexity index is 57.8. The Balaban J connectivity index is 3.14. The monoisotopic (exact) mass is 75.1 g/mol. The predicted molar refractivity (Wildman–Crippen MR) is 20.6 cm³/mol. The average molecular weight is 75.1 g/mol. The molecule has 0 unspecified atom stereocenters. The lowest BCUT2D eigenvalue weighted by molar-refractivity contribution is 0.318. The standard InChI is InChI=1S/C3H7NO/c1-3(2)4-5/h5H,1-2H3/i/hT. The van der Waals surface area contributed by atoms with Gasteiger partial charge < -0.3 is 5.21 Å². The van der Waals surface area contributed by atoms with Crippen LogP contribution in [0.1, 0.15) is 13.8 Å². The first kappa shape index (κ1) is 2.69. The largest absolute Gasteiger partial charge is 0.411 e. The summed E-state index contributed by atoms with van der Waals surface area (Å²) in [5.74, 6) is 0. The highest BCUT2D eigenvalue weighted by Crippen LogP contribution is 1.62. The molecule has 0 saturated carbocycles. The van der Waals surface area contributed by atoms with E-state index in [0.29, 0.717) is 0 Å². The highest BCUT2D eigenvalue weighted by molar-refractivity contribution is 5.78. The van der Waals surface area contributed by atoms with Crippen molar-refractivity contribution in [3.63, 3.8) is 0 Å². The Morgan fingerprint density at radius 1 is 2.00 bits per heavy atom. The van der Waals surface area contributed by atoms with E-state index >= 15 is 0 Å². The van der Waals surface area contributed by atoms with Crippen LogP contribution in [0.4, 0.5) is 0 Å². The average Bonchev–Trinajstić information content (AvgIpc) is 1.35. The van der Waals surface area contributed by atoms with Crippen LogP contribution in [-0.2, 0) is 0 Å². The molecule has 1 N–H and O–H groups in total. The smallest absolute Gasteiger partial charge is 0.330 e. The molecule has 2 heteroatoms. The van der Waals surface area contributed by atoms with E-state index in [1.54, 1.807) is 13.8 Å². The fraction of sp³-hybridized carbons (Fsp3) is 0.667. The number of hydrogen-bond acceptors (Lipinski definition) is 2. The minimum Gasteiger partial charge on any atom is -0.411 e. The number of oxime groups is 1. The lowest BCUT2D eigenvalue weighted by atomic mass is 10.5.